The lowest BCUT2D eigenvalue weighted by atomic mass is 10.1. The van der Waals surface area contributed by atoms with Crippen LogP contribution in [0.2, 0.25) is 5.02 Å². The molecule has 2 rings (SSSR count). The second-order valence-electron chi connectivity index (χ2n) is 5.22. The molecule has 1 amide bonds. The number of hydrogen-bond acceptors (Lipinski definition) is 5. The van der Waals surface area contributed by atoms with Gasteiger partial charge in [0.15, 0.2) is 0 Å². The van der Waals surface area contributed by atoms with Gasteiger partial charge < -0.3 is 14.8 Å². The minimum atomic E-state index is -3.45. The van der Waals surface area contributed by atoms with Crippen LogP contribution in [-0.4, -0.2) is 34.3 Å². The number of sulfonamides is 1. The van der Waals surface area contributed by atoms with Crippen molar-refractivity contribution in [2.24, 2.45) is 0 Å². The molecule has 0 unspecified atom stereocenters. The molecular weight excluding hydrogens is 380 g/mol. The number of nitrogens with one attached hydrogen (secondary N) is 2. The van der Waals surface area contributed by atoms with Crippen molar-refractivity contribution >= 4 is 38.9 Å². The molecule has 0 aromatic heterocycles. The number of carbonyl (C=O) groups is 1. The first-order valence-corrected chi connectivity index (χ1v) is 9.66. The molecule has 140 valence electrons. The summed E-state index contributed by atoms with van der Waals surface area (Å²) in [6, 6.07) is 9.30. The number of anilines is 2. The number of hydrogen-bond donors (Lipinski definition) is 2. The van der Waals surface area contributed by atoms with E-state index in [1.54, 1.807) is 18.2 Å². The highest BCUT2D eigenvalue weighted by molar-refractivity contribution is 7.92. The predicted molar refractivity (Wildman–Crippen MR) is 102 cm³/mol. The first-order valence-electron chi connectivity index (χ1n) is 7.63. The summed E-state index contributed by atoms with van der Waals surface area (Å²) in [7, 11) is -0.583. The van der Waals surface area contributed by atoms with E-state index in [1.165, 1.54) is 39.3 Å². The summed E-state index contributed by atoms with van der Waals surface area (Å²) in [5, 5.41) is 3.10. The van der Waals surface area contributed by atoms with Gasteiger partial charge in [0.25, 0.3) is 5.91 Å². The van der Waals surface area contributed by atoms with Gasteiger partial charge in [0.1, 0.15) is 11.5 Å². The Hall–Kier alpha value is -2.45. The Morgan fingerprint density at radius 2 is 1.77 bits per heavy atom. The Kier molecular flexibility index (Phi) is 6.33. The molecule has 0 atom stereocenters. The molecule has 0 aliphatic rings. The van der Waals surface area contributed by atoms with Crippen molar-refractivity contribution in [3.8, 4) is 11.5 Å². The molecule has 0 spiro atoms. The van der Waals surface area contributed by atoms with Crippen LogP contribution in [-0.2, 0) is 10.0 Å². The van der Waals surface area contributed by atoms with Crippen molar-refractivity contribution in [2.45, 2.75) is 6.92 Å². The second-order valence-corrected chi connectivity index (χ2v) is 7.67. The van der Waals surface area contributed by atoms with E-state index in [1.807, 2.05) is 0 Å². The van der Waals surface area contributed by atoms with Crippen molar-refractivity contribution in [1.82, 2.24) is 0 Å². The van der Waals surface area contributed by atoms with Gasteiger partial charge >= 0.3 is 0 Å². The summed E-state index contributed by atoms with van der Waals surface area (Å²) in [6.45, 7) is 1.53. The minimum absolute atomic E-state index is 0.0663. The predicted octanol–water partition coefficient (Wildman–Crippen LogP) is 3.37. The van der Waals surface area contributed by atoms with Crippen LogP contribution < -0.4 is 19.5 Å². The molecule has 0 radical (unpaired) electrons. The van der Waals surface area contributed by atoms with E-state index in [9.17, 15) is 13.2 Å². The second kappa shape index (κ2) is 8.29. The van der Waals surface area contributed by atoms with Gasteiger partial charge in [-0.25, -0.2) is 8.42 Å². The smallest absolute Gasteiger partial charge is 0.259 e. The van der Waals surface area contributed by atoms with E-state index >= 15 is 0 Å². The van der Waals surface area contributed by atoms with Crippen molar-refractivity contribution in [2.75, 3.05) is 30.0 Å². The Morgan fingerprint density at radius 3 is 2.38 bits per heavy atom. The molecule has 0 fully saturated rings. The normalized spacial score (nSPS) is 10.9. The quantitative estimate of drug-likeness (QED) is 0.745. The average molecular weight is 399 g/mol. The maximum atomic E-state index is 12.5. The fourth-order valence-corrected chi connectivity index (χ4v) is 2.97. The number of ether oxygens (including phenoxy) is 2. The molecule has 0 saturated carbocycles. The van der Waals surface area contributed by atoms with Gasteiger partial charge in [0.05, 0.1) is 31.2 Å². The molecular formula is C17H19ClN2O5S. The van der Waals surface area contributed by atoms with Crippen LogP contribution in [0.3, 0.4) is 0 Å². The Balaban J connectivity index is 2.28. The molecule has 9 heteroatoms. The minimum Gasteiger partial charge on any atom is -0.496 e. The highest BCUT2D eigenvalue weighted by Crippen LogP contribution is 2.30. The number of rotatable bonds is 7. The van der Waals surface area contributed by atoms with Crippen LogP contribution in [0.25, 0.3) is 0 Å². The third kappa shape index (κ3) is 4.80. The lowest BCUT2D eigenvalue weighted by Crippen LogP contribution is -2.16. The van der Waals surface area contributed by atoms with Crippen molar-refractivity contribution < 1.29 is 22.7 Å². The maximum absolute atomic E-state index is 12.5. The fraction of sp³-hybridized carbons (Fsp3) is 0.235. The molecule has 0 saturated heterocycles. The van der Waals surface area contributed by atoms with Gasteiger partial charge in [-0.15, -0.1) is 0 Å². The van der Waals surface area contributed by atoms with Gasteiger partial charge in [-0.05, 0) is 37.3 Å². The van der Waals surface area contributed by atoms with Gasteiger partial charge in [0.2, 0.25) is 10.0 Å². The number of amides is 1. The van der Waals surface area contributed by atoms with Crippen LogP contribution in [0.4, 0.5) is 11.4 Å². The standard InChI is InChI=1S/C17H19ClN2O5S/c1-4-26(22,23)20-14-7-6-12(10-16(14)25-3)19-17(21)13-9-11(18)5-8-15(13)24-2/h5-10,20H,4H2,1-3H3,(H,19,21). The highest BCUT2D eigenvalue weighted by Gasteiger charge is 2.16. The molecule has 0 aliphatic carbocycles. The molecule has 2 N–H and O–H groups in total. The Morgan fingerprint density at radius 1 is 1.08 bits per heavy atom. The summed E-state index contributed by atoms with van der Waals surface area (Å²) in [6.07, 6.45) is 0. The Bertz CT molecular complexity index is 915. The zero-order valence-electron chi connectivity index (χ0n) is 14.5. The fourth-order valence-electron chi connectivity index (χ4n) is 2.15. The van der Waals surface area contributed by atoms with E-state index in [4.69, 9.17) is 21.1 Å². The topological polar surface area (TPSA) is 93.7 Å². The van der Waals surface area contributed by atoms with Gasteiger partial charge in [0, 0.05) is 16.8 Å². The van der Waals surface area contributed by atoms with Crippen LogP contribution in [0, 0.1) is 0 Å². The molecule has 0 aliphatic heterocycles. The summed E-state index contributed by atoms with van der Waals surface area (Å²) >= 11 is 5.94. The van der Waals surface area contributed by atoms with Gasteiger partial charge in [-0.3, -0.25) is 9.52 Å². The lowest BCUT2D eigenvalue weighted by Gasteiger charge is -2.14. The maximum Gasteiger partial charge on any atom is 0.259 e. The monoisotopic (exact) mass is 398 g/mol. The van der Waals surface area contributed by atoms with Gasteiger partial charge in [-0.1, -0.05) is 11.6 Å². The average Bonchev–Trinajstić information content (AvgIpc) is 2.62. The van der Waals surface area contributed by atoms with Crippen LogP contribution in [0.15, 0.2) is 36.4 Å². The first kappa shape index (κ1) is 19.9. The SMILES string of the molecule is CCS(=O)(=O)Nc1ccc(NC(=O)c2cc(Cl)ccc2OC)cc1OC. The van der Waals surface area contributed by atoms with Crippen LogP contribution in [0.1, 0.15) is 17.3 Å². The summed E-state index contributed by atoms with van der Waals surface area (Å²) in [4.78, 5) is 12.5. The zero-order valence-corrected chi connectivity index (χ0v) is 16.1. The van der Waals surface area contributed by atoms with Crippen molar-refractivity contribution in [3.63, 3.8) is 0 Å². The van der Waals surface area contributed by atoms with E-state index in [0.717, 1.165) is 0 Å². The van der Waals surface area contributed by atoms with E-state index < -0.39 is 15.9 Å². The zero-order chi connectivity index (χ0) is 19.3. The third-order valence-electron chi connectivity index (χ3n) is 3.51. The van der Waals surface area contributed by atoms with Crippen LogP contribution in [0.5, 0.6) is 11.5 Å². The number of methoxy groups -OCH3 is 2. The number of benzene rings is 2. The van der Waals surface area contributed by atoms with E-state index in [-0.39, 0.29) is 22.8 Å². The highest BCUT2D eigenvalue weighted by atomic mass is 35.5. The molecule has 0 heterocycles. The first-order chi connectivity index (χ1) is 12.3. The van der Waals surface area contributed by atoms with Gasteiger partial charge in [-0.2, -0.15) is 0 Å². The van der Waals surface area contributed by atoms with Crippen molar-refractivity contribution in [3.05, 3.63) is 47.0 Å². The van der Waals surface area contributed by atoms with E-state index in [0.29, 0.717) is 16.5 Å². The van der Waals surface area contributed by atoms with Crippen LogP contribution >= 0.6 is 11.6 Å². The molecule has 2 aromatic rings. The molecule has 0 bridgehead atoms. The number of halogens is 1. The summed E-state index contributed by atoms with van der Waals surface area (Å²) in [5.41, 5.74) is 0.982. The lowest BCUT2D eigenvalue weighted by molar-refractivity contribution is 0.102. The Labute approximate surface area is 157 Å². The third-order valence-corrected chi connectivity index (χ3v) is 5.04. The van der Waals surface area contributed by atoms with Crippen molar-refractivity contribution in [1.29, 1.82) is 0 Å². The molecule has 2 aromatic carbocycles. The van der Waals surface area contributed by atoms with E-state index in [2.05, 4.69) is 10.0 Å². The summed E-state index contributed by atoms with van der Waals surface area (Å²) < 4.78 is 36.2. The molecule has 7 nitrogen and oxygen atoms in total. The number of carbonyl (C=O) groups excluding carboxylic acids is 1. The largest absolute Gasteiger partial charge is 0.496 e. The summed E-state index contributed by atoms with van der Waals surface area (Å²) in [5.74, 6) is 0.167. The molecule has 26 heavy (non-hydrogen) atoms.